The smallest absolute Gasteiger partial charge is 0.404 e. The van der Waals surface area contributed by atoms with Crippen LogP contribution in [0.2, 0.25) is 0 Å². The summed E-state index contributed by atoms with van der Waals surface area (Å²) >= 11 is 0. The molecule has 9 nitrogen and oxygen atoms in total. The number of hydrogen-bond donors (Lipinski definition) is 7. The average Bonchev–Trinajstić information content (AvgIpc) is 2.73. The van der Waals surface area contributed by atoms with E-state index in [0.29, 0.717) is 12.8 Å². The van der Waals surface area contributed by atoms with Gasteiger partial charge in [0.15, 0.2) is 0 Å². The van der Waals surface area contributed by atoms with Gasteiger partial charge in [-0.05, 0) is 24.0 Å². The Morgan fingerprint density at radius 2 is 1.03 bits per heavy atom. The average molecular weight is 431 g/mol. The van der Waals surface area contributed by atoms with E-state index in [2.05, 4.69) is 16.0 Å². The predicted molar refractivity (Wildman–Crippen MR) is 115 cm³/mol. The molecule has 31 heavy (non-hydrogen) atoms. The molecule has 0 heterocycles. The van der Waals surface area contributed by atoms with Crippen LogP contribution in [0.3, 0.4) is 0 Å². The van der Waals surface area contributed by atoms with Gasteiger partial charge < -0.3 is 36.4 Å². The molecule has 0 aromatic heterocycles. The predicted octanol–water partition coefficient (Wildman–Crippen LogP) is 1.06. The number of rotatable bonds is 12. The van der Waals surface area contributed by atoms with Crippen LogP contribution in [0.15, 0.2) is 60.7 Å². The molecule has 0 radical (unpaired) electrons. The fraction of sp³-hybridized carbons (Fsp3) is 0.364. The van der Waals surface area contributed by atoms with Crippen LogP contribution in [0.5, 0.6) is 0 Å². The van der Waals surface area contributed by atoms with E-state index in [1.165, 1.54) is 0 Å². The molecule has 0 aliphatic heterocycles. The number of aliphatic hydroxyl groups is 2. The van der Waals surface area contributed by atoms with Crippen molar-refractivity contribution < 1.29 is 30.0 Å². The Hall–Kier alpha value is -3.14. The van der Waals surface area contributed by atoms with E-state index in [0.717, 1.165) is 11.1 Å². The SMILES string of the molecule is O=C(O)NC(Cc1ccccc1)C(O)CNC[C@@H](O)[C@H](Cc1ccccc1)NC(=O)O. The Bertz CT molecular complexity index is 738. The Morgan fingerprint density at radius 1 is 0.677 bits per heavy atom. The minimum atomic E-state index is -1.24. The summed E-state index contributed by atoms with van der Waals surface area (Å²) in [7, 11) is 0. The minimum absolute atomic E-state index is 0.0139. The highest BCUT2D eigenvalue weighted by atomic mass is 16.4. The van der Waals surface area contributed by atoms with Gasteiger partial charge >= 0.3 is 12.2 Å². The third-order valence-corrected chi connectivity index (χ3v) is 4.85. The molecule has 2 aromatic carbocycles. The van der Waals surface area contributed by atoms with Crippen LogP contribution in [0, 0.1) is 0 Å². The summed E-state index contributed by atoms with van der Waals surface area (Å²) in [5, 5.41) is 46.6. The molecule has 4 atom stereocenters. The molecule has 0 fully saturated rings. The van der Waals surface area contributed by atoms with Gasteiger partial charge in [0.1, 0.15) is 0 Å². The maximum absolute atomic E-state index is 11.1. The molecule has 7 N–H and O–H groups in total. The number of carboxylic acid groups (broad SMARTS) is 2. The minimum Gasteiger partial charge on any atom is -0.465 e. The quantitative estimate of drug-likeness (QED) is 0.265. The first-order chi connectivity index (χ1) is 14.8. The fourth-order valence-electron chi connectivity index (χ4n) is 3.28. The number of amides is 2. The highest BCUT2D eigenvalue weighted by Gasteiger charge is 2.24. The van der Waals surface area contributed by atoms with Gasteiger partial charge in [0.2, 0.25) is 0 Å². The summed E-state index contributed by atoms with van der Waals surface area (Å²) in [6.45, 7) is 0.0277. The fourth-order valence-corrected chi connectivity index (χ4v) is 3.28. The van der Waals surface area contributed by atoms with Gasteiger partial charge in [0, 0.05) is 13.1 Å². The Morgan fingerprint density at radius 3 is 1.35 bits per heavy atom. The summed E-state index contributed by atoms with van der Waals surface area (Å²) in [5.74, 6) is 0. The second-order valence-corrected chi connectivity index (χ2v) is 7.28. The number of aliphatic hydroxyl groups excluding tert-OH is 2. The van der Waals surface area contributed by atoms with E-state index in [1.807, 2.05) is 60.7 Å². The lowest BCUT2D eigenvalue weighted by molar-refractivity contribution is 0.0971. The van der Waals surface area contributed by atoms with Crippen molar-refractivity contribution in [1.29, 1.82) is 0 Å². The van der Waals surface area contributed by atoms with Gasteiger partial charge in [-0.2, -0.15) is 0 Å². The van der Waals surface area contributed by atoms with Gasteiger partial charge in [-0.15, -0.1) is 0 Å². The molecule has 2 rings (SSSR count). The van der Waals surface area contributed by atoms with Crippen LogP contribution < -0.4 is 16.0 Å². The zero-order valence-corrected chi connectivity index (χ0v) is 17.0. The van der Waals surface area contributed by atoms with E-state index in [1.54, 1.807) is 0 Å². The first kappa shape index (κ1) is 24.1. The largest absolute Gasteiger partial charge is 0.465 e. The van der Waals surface area contributed by atoms with Gasteiger partial charge in [0.25, 0.3) is 0 Å². The molecule has 0 spiro atoms. The molecule has 0 bridgehead atoms. The highest BCUT2D eigenvalue weighted by Crippen LogP contribution is 2.08. The maximum Gasteiger partial charge on any atom is 0.404 e. The van der Waals surface area contributed by atoms with Crippen molar-refractivity contribution in [3.63, 3.8) is 0 Å². The summed E-state index contributed by atoms with van der Waals surface area (Å²) < 4.78 is 0. The molecule has 0 saturated heterocycles. The third kappa shape index (κ3) is 9.04. The lowest BCUT2D eigenvalue weighted by Gasteiger charge is -2.26. The molecule has 9 heteroatoms. The molecule has 168 valence electrons. The van der Waals surface area contributed by atoms with E-state index < -0.39 is 36.5 Å². The lowest BCUT2D eigenvalue weighted by atomic mass is 10.00. The number of nitrogens with one attached hydrogen (secondary N) is 3. The molecule has 0 aliphatic rings. The lowest BCUT2D eigenvalue weighted by Crippen LogP contribution is -2.52. The monoisotopic (exact) mass is 431 g/mol. The van der Waals surface area contributed by atoms with Crippen LogP contribution in [-0.2, 0) is 12.8 Å². The van der Waals surface area contributed by atoms with Crippen LogP contribution in [0.4, 0.5) is 9.59 Å². The van der Waals surface area contributed by atoms with Crippen molar-refractivity contribution >= 4 is 12.2 Å². The summed E-state index contributed by atoms with van der Waals surface area (Å²) in [6, 6.07) is 16.9. The highest BCUT2D eigenvalue weighted by molar-refractivity contribution is 5.65. The van der Waals surface area contributed by atoms with E-state index in [-0.39, 0.29) is 13.1 Å². The van der Waals surface area contributed by atoms with Gasteiger partial charge in [-0.1, -0.05) is 60.7 Å². The Kier molecular flexibility index (Phi) is 9.76. The topological polar surface area (TPSA) is 151 Å². The van der Waals surface area contributed by atoms with Crippen molar-refractivity contribution in [3.8, 4) is 0 Å². The summed E-state index contributed by atoms with van der Waals surface area (Å²) in [6.07, 6.45) is -3.99. The normalized spacial score (nSPS) is 14.8. The molecule has 2 unspecified atom stereocenters. The first-order valence-electron chi connectivity index (χ1n) is 9.98. The van der Waals surface area contributed by atoms with Crippen LogP contribution in [0.25, 0.3) is 0 Å². The van der Waals surface area contributed by atoms with Crippen molar-refractivity contribution in [3.05, 3.63) is 71.8 Å². The van der Waals surface area contributed by atoms with Crippen molar-refractivity contribution in [2.24, 2.45) is 0 Å². The van der Waals surface area contributed by atoms with Crippen LogP contribution >= 0.6 is 0 Å². The van der Waals surface area contributed by atoms with Crippen molar-refractivity contribution in [2.45, 2.75) is 37.1 Å². The first-order valence-corrected chi connectivity index (χ1v) is 9.98. The molecule has 0 aliphatic carbocycles. The van der Waals surface area contributed by atoms with Gasteiger partial charge in [-0.25, -0.2) is 9.59 Å². The number of hydrogen-bond acceptors (Lipinski definition) is 5. The van der Waals surface area contributed by atoms with E-state index >= 15 is 0 Å². The molecular weight excluding hydrogens is 402 g/mol. The van der Waals surface area contributed by atoms with Gasteiger partial charge in [0.05, 0.1) is 24.3 Å². The summed E-state index contributed by atoms with van der Waals surface area (Å²) in [5.41, 5.74) is 1.74. The third-order valence-electron chi connectivity index (χ3n) is 4.85. The number of carbonyl (C=O) groups is 2. The van der Waals surface area contributed by atoms with E-state index in [9.17, 15) is 19.8 Å². The van der Waals surface area contributed by atoms with Gasteiger partial charge in [-0.3, -0.25) is 0 Å². The zero-order valence-electron chi connectivity index (χ0n) is 17.0. The Balaban J connectivity index is 1.90. The second kappa shape index (κ2) is 12.5. The maximum atomic E-state index is 11.1. The zero-order chi connectivity index (χ0) is 22.6. The van der Waals surface area contributed by atoms with Crippen molar-refractivity contribution in [2.75, 3.05) is 13.1 Å². The van der Waals surface area contributed by atoms with Crippen LogP contribution in [-0.4, -0.2) is 70.0 Å². The second-order valence-electron chi connectivity index (χ2n) is 7.28. The Labute approximate surface area is 180 Å². The molecular formula is C22H29N3O6. The number of benzene rings is 2. The van der Waals surface area contributed by atoms with Crippen molar-refractivity contribution in [1.82, 2.24) is 16.0 Å². The molecule has 2 amide bonds. The standard InChI is InChI=1S/C22H29N3O6/c26-19(17(24-21(28)29)11-15-7-3-1-4-8-15)13-23-14-20(27)18(25-22(30)31)12-16-9-5-2-6-10-16/h1-10,17-20,23-27H,11-14H2,(H,28,29)(H,30,31)/t17-,18?,19+,20?/m0/s1. The molecule has 2 aromatic rings. The van der Waals surface area contributed by atoms with E-state index in [4.69, 9.17) is 10.2 Å². The summed E-state index contributed by atoms with van der Waals surface area (Å²) in [4.78, 5) is 22.2. The van der Waals surface area contributed by atoms with Crippen LogP contribution in [0.1, 0.15) is 11.1 Å². The molecule has 0 saturated carbocycles.